The normalized spacial score (nSPS) is 22.5. The fourth-order valence-electron chi connectivity index (χ4n) is 2.35. The number of nitrogens with zero attached hydrogens (tertiary/aromatic N) is 2. The lowest BCUT2D eigenvalue weighted by Gasteiger charge is -2.19. The fraction of sp³-hybridized carbons (Fsp3) is 0.417. The Morgan fingerprint density at radius 2 is 2.21 bits per heavy atom. The predicted molar refractivity (Wildman–Crippen MR) is 70.6 cm³/mol. The highest BCUT2D eigenvalue weighted by atomic mass is 35.5. The number of nitro groups is 1. The summed E-state index contributed by atoms with van der Waals surface area (Å²) in [5.74, 6) is -1.25. The molecule has 2 rings (SSSR count). The van der Waals surface area contributed by atoms with Gasteiger partial charge in [-0.05, 0) is 12.0 Å². The standard InChI is InChI=1S/C12H13ClN2O4/c1-7-5-14(6-9(7)12(16)17)11-3-2-8(15(18)19)4-10(11)13/h2-4,7,9H,5-6H2,1H3,(H,16,17). The van der Waals surface area contributed by atoms with Crippen LogP contribution in [0.4, 0.5) is 11.4 Å². The summed E-state index contributed by atoms with van der Waals surface area (Å²) in [6, 6.07) is 4.23. The van der Waals surface area contributed by atoms with E-state index in [1.807, 2.05) is 11.8 Å². The monoisotopic (exact) mass is 284 g/mol. The molecule has 0 saturated carbocycles. The number of halogens is 1. The molecule has 2 atom stereocenters. The zero-order valence-electron chi connectivity index (χ0n) is 10.2. The van der Waals surface area contributed by atoms with Crippen LogP contribution < -0.4 is 4.90 Å². The first-order chi connectivity index (χ1) is 8.90. The largest absolute Gasteiger partial charge is 0.481 e. The SMILES string of the molecule is CC1CN(c2ccc([N+](=O)[O-])cc2Cl)CC1C(=O)O. The van der Waals surface area contributed by atoms with Gasteiger partial charge >= 0.3 is 5.97 Å². The third kappa shape index (κ3) is 2.63. The van der Waals surface area contributed by atoms with Gasteiger partial charge in [-0.15, -0.1) is 0 Å². The maximum Gasteiger partial charge on any atom is 0.308 e. The maximum atomic E-state index is 11.1. The number of carbonyl (C=O) groups is 1. The van der Waals surface area contributed by atoms with Crippen LogP contribution in [0.3, 0.4) is 0 Å². The van der Waals surface area contributed by atoms with Gasteiger partial charge in [0.15, 0.2) is 0 Å². The molecule has 19 heavy (non-hydrogen) atoms. The number of nitro benzene ring substituents is 1. The smallest absolute Gasteiger partial charge is 0.308 e. The molecule has 1 saturated heterocycles. The Morgan fingerprint density at radius 1 is 1.53 bits per heavy atom. The number of benzene rings is 1. The van der Waals surface area contributed by atoms with Crippen LogP contribution in [0.15, 0.2) is 18.2 Å². The van der Waals surface area contributed by atoms with Crippen molar-refractivity contribution in [3.8, 4) is 0 Å². The number of carboxylic acids is 1. The number of anilines is 1. The van der Waals surface area contributed by atoms with Gasteiger partial charge in [0.25, 0.3) is 5.69 Å². The average molecular weight is 285 g/mol. The van der Waals surface area contributed by atoms with Crippen LogP contribution in [0, 0.1) is 22.0 Å². The van der Waals surface area contributed by atoms with Crippen molar-refractivity contribution in [2.24, 2.45) is 11.8 Å². The molecular formula is C12H13ClN2O4. The number of aliphatic carboxylic acids is 1. The topological polar surface area (TPSA) is 83.7 Å². The summed E-state index contributed by atoms with van der Waals surface area (Å²) in [5.41, 5.74) is 0.568. The lowest BCUT2D eigenvalue weighted by atomic mass is 9.99. The van der Waals surface area contributed by atoms with Crippen LogP contribution in [-0.2, 0) is 4.79 Å². The number of carboxylic acid groups (broad SMARTS) is 1. The first-order valence-corrected chi connectivity index (χ1v) is 6.19. The maximum absolute atomic E-state index is 11.1. The van der Waals surface area contributed by atoms with Crippen LogP contribution >= 0.6 is 11.6 Å². The van der Waals surface area contributed by atoms with Crippen molar-refractivity contribution in [1.29, 1.82) is 0 Å². The van der Waals surface area contributed by atoms with Crippen molar-refractivity contribution in [2.75, 3.05) is 18.0 Å². The molecule has 0 amide bonds. The molecule has 6 nitrogen and oxygen atoms in total. The Kier molecular flexibility index (Phi) is 3.61. The first kappa shape index (κ1) is 13.6. The van der Waals surface area contributed by atoms with E-state index in [0.29, 0.717) is 18.8 Å². The zero-order valence-corrected chi connectivity index (χ0v) is 11.0. The van der Waals surface area contributed by atoms with Crippen LogP contribution in [0.25, 0.3) is 0 Å². The van der Waals surface area contributed by atoms with E-state index in [4.69, 9.17) is 16.7 Å². The van der Waals surface area contributed by atoms with Crippen LogP contribution in [-0.4, -0.2) is 29.1 Å². The molecule has 1 fully saturated rings. The molecule has 0 radical (unpaired) electrons. The molecule has 0 aromatic heterocycles. The molecular weight excluding hydrogens is 272 g/mol. The minimum atomic E-state index is -0.826. The minimum absolute atomic E-state index is 0.0174. The Balaban J connectivity index is 2.24. The number of hydrogen-bond donors (Lipinski definition) is 1. The van der Waals surface area contributed by atoms with Crippen molar-refractivity contribution in [2.45, 2.75) is 6.92 Å². The summed E-state index contributed by atoms with van der Waals surface area (Å²) in [6.07, 6.45) is 0. The predicted octanol–water partition coefficient (Wildman–Crippen LogP) is 2.41. The Morgan fingerprint density at radius 3 is 2.68 bits per heavy atom. The number of rotatable bonds is 3. The highest BCUT2D eigenvalue weighted by molar-refractivity contribution is 6.33. The summed E-state index contributed by atoms with van der Waals surface area (Å²) in [7, 11) is 0. The van der Waals surface area contributed by atoms with Crippen LogP contribution in [0.5, 0.6) is 0 Å². The lowest BCUT2D eigenvalue weighted by molar-refractivity contribution is -0.384. The van der Waals surface area contributed by atoms with E-state index in [0.717, 1.165) is 0 Å². The van der Waals surface area contributed by atoms with E-state index < -0.39 is 16.8 Å². The van der Waals surface area contributed by atoms with Gasteiger partial charge in [-0.3, -0.25) is 14.9 Å². The van der Waals surface area contributed by atoms with E-state index >= 15 is 0 Å². The van der Waals surface area contributed by atoms with Gasteiger partial charge in [-0.2, -0.15) is 0 Å². The van der Waals surface area contributed by atoms with Gasteiger partial charge < -0.3 is 10.0 Å². The van der Waals surface area contributed by atoms with Gasteiger partial charge in [-0.1, -0.05) is 18.5 Å². The summed E-state index contributed by atoms with van der Waals surface area (Å²) in [5, 5.41) is 20.0. The highest BCUT2D eigenvalue weighted by Crippen LogP contribution is 2.34. The fourth-order valence-corrected chi connectivity index (χ4v) is 2.65. The van der Waals surface area contributed by atoms with E-state index in [1.165, 1.54) is 12.1 Å². The molecule has 1 heterocycles. The number of hydrogen-bond acceptors (Lipinski definition) is 4. The van der Waals surface area contributed by atoms with Crippen LogP contribution in [0.1, 0.15) is 6.92 Å². The lowest BCUT2D eigenvalue weighted by Crippen LogP contribution is -2.23. The summed E-state index contributed by atoms with van der Waals surface area (Å²) in [6.45, 7) is 2.82. The van der Waals surface area contributed by atoms with Crippen molar-refractivity contribution < 1.29 is 14.8 Å². The first-order valence-electron chi connectivity index (χ1n) is 5.82. The van der Waals surface area contributed by atoms with Gasteiger partial charge in [-0.25, -0.2) is 0 Å². The molecule has 102 valence electrons. The Labute approximate surface area is 114 Å². The van der Waals surface area contributed by atoms with Crippen molar-refractivity contribution in [1.82, 2.24) is 0 Å². The second-order valence-corrected chi connectivity index (χ2v) is 5.13. The molecule has 0 spiro atoms. The summed E-state index contributed by atoms with van der Waals surface area (Å²) < 4.78 is 0. The van der Waals surface area contributed by atoms with E-state index in [1.54, 1.807) is 6.07 Å². The molecule has 1 aliphatic heterocycles. The third-order valence-electron chi connectivity index (χ3n) is 3.41. The van der Waals surface area contributed by atoms with Gasteiger partial charge in [0, 0.05) is 25.2 Å². The second kappa shape index (κ2) is 5.05. The molecule has 1 aliphatic rings. The third-order valence-corrected chi connectivity index (χ3v) is 3.72. The average Bonchev–Trinajstić information content (AvgIpc) is 2.71. The van der Waals surface area contributed by atoms with Crippen molar-refractivity contribution in [3.05, 3.63) is 33.3 Å². The van der Waals surface area contributed by atoms with Crippen molar-refractivity contribution in [3.63, 3.8) is 0 Å². The molecule has 0 bridgehead atoms. The molecule has 0 aliphatic carbocycles. The molecule has 1 aromatic rings. The molecule has 2 unspecified atom stereocenters. The molecule has 1 aromatic carbocycles. The van der Waals surface area contributed by atoms with E-state index in [-0.39, 0.29) is 16.6 Å². The van der Waals surface area contributed by atoms with E-state index in [2.05, 4.69) is 0 Å². The summed E-state index contributed by atoms with van der Waals surface area (Å²) >= 11 is 6.03. The second-order valence-electron chi connectivity index (χ2n) is 4.72. The highest BCUT2D eigenvalue weighted by Gasteiger charge is 2.35. The van der Waals surface area contributed by atoms with Gasteiger partial charge in [0.05, 0.1) is 21.6 Å². The van der Waals surface area contributed by atoms with E-state index in [9.17, 15) is 14.9 Å². The van der Waals surface area contributed by atoms with Gasteiger partial charge in [0.1, 0.15) is 0 Å². The number of non-ortho nitro benzene ring substituents is 1. The quantitative estimate of drug-likeness (QED) is 0.680. The Bertz CT molecular complexity index is 534. The molecule has 1 N–H and O–H groups in total. The zero-order chi connectivity index (χ0) is 14.2. The Hall–Kier alpha value is -1.82. The van der Waals surface area contributed by atoms with Crippen LogP contribution in [0.2, 0.25) is 5.02 Å². The minimum Gasteiger partial charge on any atom is -0.481 e. The van der Waals surface area contributed by atoms with Crippen molar-refractivity contribution >= 4 is 28.9 Å². The molecule has 7 heteroatoms. The van der Waals surface area contributed by atoms with Gasteiger partial charge in [0.2, 0.25) is 0 Å². The summed E-state index contributed by atoms with van der Waals surface area (Å²) in [4.78, 5) is 23.0.